The number of carbonyl (C=O) groups is 1. The van der Waals surface area contributed by atoms with Gasteiger partial charge in [-0.1, -0.05) is 36.4 Å². The van der Waals surface area contributed by atoms with E-state index in [2.05, 4.69) is 10.3 Å². The van der Waals surface area contributed by atoms with Crippen LogP contribution < -0.4 is 19.5 Å². The van der Waals surface area contributed by atoms with E-state index in [1.54, 1.807) is 31.7 Å². The van der Waals surface area contributed by atoms with E-state index >= 15 is 0 Å². The molecule has 0 aliphatic carbocycles. The molecule has 1 heterocycles. The first-order valence-electron chi connectivity index (χ1n) is 8.31. The summed E-state index contributed by atoms with van der Waals surface area (Å²) in [6.45, 7) is 0.675. The zero-order valence-electron chi connectivity index (χ0n) is 15.1. The van der Waals surface area contributed by atoms with Gasteiger partial charge in [-0.15, -0.1) is 11.3 Å². The summed E-state index contributed by atoms with van der Waals surface area (Å²) in [6.07, 6.45) is 0. The predicted octanol–water partition coefficient (Wildman–Crippen LogP) is 3.67. The number of thiazole rings is 1. The molecule has 0 aliphatic heterocycles. The minimum absolute atomic E-state index is 0.212. The fourth-order valence-corrected chi connectivity index (χ4v) is 3.13. The van der Waals surface area contributed by atoms with Crippen molar-refractivity contribution in [1.82, 2.24) is 10.3 Å². The molecule has 0 saturated carbocycles. The van der Waals surface area contributed by atoms with E-state index < -0.39 is 0 Å². The summed E-state index contributed by atoms with van der Waals surface area (Å²) in [5.41, 5.74) is 1.41. The molecule has 0 spiro atoms. The molecule has 1 N–H and O–H groups in total. The minimum atomic E-state index is -0.212. The molecule has 0 fully saturated rings. The first-order chi connectivity index (χ1) is 13.2. The van der Waals surface area contributed by atoms with Crippen LogP contribution in [0.5, 0.6) is 17.2 Å². The highest BCUT2D eigenvalue weighted by atomic mass is 32.1. The van der Waals surface area contributed by atoms with Crippen LogP contribution in [-0.4, -0.2) is 25.1 Å². The largest absolute Gasteiger partial charge is 0.493 e. The molecular weight excluding hydrogens is 364 g/mol. The van der Waals surface area contributed by atoms with Crippen molar-refractivity contribution in [2.45, 2.75) is 13.2 Å². The Kier molecular flexibility index (Phi) is 6.27. The molecular formula is C20H20N2O4S. The molecule has 3 rings (SSSR count). The lowest BCUT2D eigenvalue weighted by Gasteiger charge is -2.13. The zero-order valence-corrected chi connectivity index (χ0v) is 15.9. The SMILES string of the molecule is COc1cccc(OC)c1OCc1nc(C(=O)NCc2ccccc2)cs1. The Hall–Kier alpha value is -3.06. The summed E-state index contributed by atoms with van der Waals surface area (Å²) in [7, 11) is 3.14. The van der Waals surface area contributed by atoms with Gasteiger partial charge in [0.1, 0.15) is 17.3 Å². The lowest BCUT2D eigenvalue weighted by atomic mass is 10.2. The molecule has 0 aliphatic rings. The average Bonchev–Trinajstić information content (AvgIpc) is 3.20. The fraction of sp³-hybridized carbons (Fsp3) is 0.200. The van der Waals surface area contributed by atoms with Crippen LogP contribution in [-0.2, 0) is 13.2 Å². The molecule has 7 heteroatoms. The van der Waals surface area contributed by atoms with Crippen molar-refractivity contribution in [3.8, 4) is 17.2 Å². The number of hydrogen-bond acceptors (Lipinski definition) is 6. The highest BCUT2D eigenvalue weighted by Crippen LogP contribution is 2.37. The molecule has 0 radical (unpaired) electrons. The van der Waals surface area contributed by atoms with Gasteiger partial charge in [0.25, 0.3) is 5.91 Å². The average molecular weight is 384 g/mol. The summed E-state index contributed by atoms with van der Waals surface area (Å²) in [5, 5.41) is 5.27. The minimum Gasteiger partial charge on any atom is -0.493 e. The lowest BCUT2D eigenvalue weighted by Crippen LogP contribution is -2.23. The van der Waals surface area contributed by atoms with Crippen LogP contribution in [0.2, 0.25) is 0 Å². The molecule has 6 nitrogen and oxygen atoms in total. The number of carbonyl (C=O) groups excluding carboxylic acids is 1. The van der Waals surface area contributed by atoms with E-state index in [-0.39, 0.29) is 12.5 Å². The third kappa shape index (κ3) is 4.77. The summed E-state index contributed by atoms with van der Waals surface area (Å²) in [6, 6.07) is 15.1. The van der Waals surface area contributed by atoms with Crippen molar-refractivity contribution in [2.75, 3.05) is 14.2 Å². The molecule has 0 saturated heterocycles. The van der Waals surface area contributed by atoms with Crippen molar-refractivity contribution in [1.29, 1.82) is 0 Å². The molecule has 0 unspecified atom stereocenters. The number of nitrogens with zero attached hydrogens (tertiary/aromatic N) is 1. The van der Waals surface area contributed by atoms with Gasteiger partial charge >= 0.3 is 0 Å². The zero-order chi connectivity index (χ0) is 19.1. The van der Waals surface area contributed by atoms with Gasteiger partial charge in [0, 0.05) is 11.9 Å². The first-order valence-corrected chi connectivity index (χ1v) is 9.19. The fourth-order valence-electron chi connectivity index (χ4n) is 2.44. The topological polar surface area (TPSA) is 69.7 Å². The van der Waals surface area contributed by atoms with E-state index in [0.717, 1.165) is 5.56 Å². The molecule has 1 amide bonds. The molecule has 3 aromatic rings. The van der Waals surface area contributed by atoms with Crippen LogP contribution >= 0.6 is 11.3 Å². The third-order valence-corrected chi connectivity index (χ3v) is 4.63. The Balaban J connectivity index is 1.61. The van der Waals surface area contributed by atoms with Gasteiger partial charge in [-0.05, 0) is 17.7 Å². The third-order valence-electron chi connectivity index (χ3n) is 3.80. The van der Waals surface area contributed by atoms with Gasteiger partial charge in [0.2, 0.25) is 5.75 Å². The van der Waals surface area contributed by atoms with Gasteiger partial charge in [-0.2, -0.15) is 0 Å². The van der Waals surface area contributed by atoms with Crippen LogP contribution in [0.4, 0.5) is 0 Å². The number of hydrogen-bond donors (Lipinski definition) is 1. The molecule has 0 bridgehead atoms. The standard InChI is InChI=1S/C20H20N2O4S/c1-24-16-9-6-10-17(25-2)19(16)26-12-18-22-15(13-27-18)20(23)21-11-14-7-4-3-5-8-14/h3-10,13H,11-12H2,1-2H3,(H,21,23). The number of amides is 1. The van der Waals surface area contributed by atoms with Crippen LogP contribution in [0.15, 0.2) is 53.9 Å². The quantitative estimate of drug-likeness (QED) is 0.642. The summed E-state index contributed by atoms with van der Waals surface area (Å²) in [5.74, 6) is 1.45. The smallest absolute Gasteiger partial charge is 0.271 e. The summed E-state index contributed by atoms with van der Waals surface area (Å²) in [4.78, 5) is 16.6. The van der Waals surface area contributed by atoms with E-state index in [4.69, 9.17) is 14.2 Å². The number of aromatic nitrogens is 1. The Bertz CT molecular complexity index is 874. The maximum atomic E-state index is 12.3. The van der Waals surface area contributed by atoms with Crippen molar-refractivity contribution in [2.24, 2.45) is 0 Å². The lowest BCUT2D eigenvalue weighted by molar-refractivity contribution is 0.0946. The highest BCUT2D eigenvalue weighted by Gasteiger charge is 2.14. The molecule has 27 heavy (non-hydrogen) atoms. The monoisotopic (exact) mass is 384 g/mol. The summed E-state index contributed by atoms with van der Waals surface area (Å²) >= 11 is 1.37. The maximum Gasteiger partial charge on any atom is 0.271 e. The van der Waals surface area contributed by atoms with Crippen LogP contribution in [0, 0.1) is 0 Å². The number of methoxy groups -OCH3 is 2. The number of ether oxygens (including phenoxy) is 3. The number of rotatable bonds is 8. The van der Waals surface area contributed by atoms with E-state index in [0.29, 0.717) is 34.5 Å². The second kappa shape index (κ2) is 9.05. The van der Waals surface area contributed by atoms with Gasteiger partial charge in [-0.25, -0.2) is 4.98 Å². The van der Waals surface area contributed by atoms with E-state index in [1.165, 1.54) is 11.3 Å². The first kappa shape index (κ1) is 18.7. The number of nitrogens with one attached hydrogen (secondary N) is 1. The molecule has 1 aromatic heterocycles. The van der Waals surface area contributed by atoms with Gasteiger partial charge < -0.3 is 19.5 Å². The Labute approximate surface area is 161 Å². The summed E-state index contributed by atoms with van der Waals surface area (Å²) < 4.78 is 16.4. The van der Waals surface area contributed by atoms with Gasteiger partial charge in [0.15, 0.2) is 11.5 Å². The van der Waals surface area contributed by atoms with Crippen LogP contribution in [0.1, 0.15) is 21.1 Å². The Morgan fingerprint density at radius 1 is 1.04 bits per heavy atom. The molecule has 2 aromatic carbocycles. The van der Waals surface area contributed by atoms with Crippen LogP contribution in [0.3, 0.4) is 0 Å². The van der Waals surface area contributed by atoms with Gasteiger partial charge in [0.05, 0.1) is 14.2 Å². The second-order valence-corrected chi connectivity index (χ2v) is 6.52. The van der Waals surface area contributed by atoms with Gasteiger partial charge in [-0.3, -0.25) is 4.79 Å². The Morgan fingerprint density at radius 2 is 1.74 bits per heavy atom. The van der Waals surface area contributed by atoms with Crippen LogP contribution in [0.25, 0.3) is 0 Å². The Morgan fingerprint density at radius 3 is 2.41 bits per heavy atom. The predicted molar refractivity (Wildman–Crippen MR) is 104 cm³/mol. The number of benzene rings is 2. The van der Waals surface area contributed by atoms with Crippen molar-refractivity contribution >= 4 is 17.2 Å². The van der Waals surface area contributed by atoms with Crippen molar-refractivity contribution in [3.63, 3.8) is 0 Å². The maximum absolute atomic E-state index is 12.3. The van der Waals surface area contributed by atoms with Crippen molar-refractivity contribution < 1.29 is 19.0 Å². The normalized spacial score (nSPS) is 10.3. The van der Waals surface area contributed by atoms with Crippen molar-refractivity contribution in [3.05, 3.63) is 70.2 Å². The number of para-hydroxylation sites is 1. The molecule has 0 atom stereocenters. The highest BCUT2D eigenvalue weighted by molar-refractivity contribution is 7.09. The second-order valence-electron chi connectivity index (χ2n) is 5.58. The molecule has 140 valence electrons. The van der Waals surface area contributed by atoms with E-state index in [9.17, 15) is 4.79 Å². The van der Waals surface area contributed by atoms with E-state index in [1.807, 2.05) is 36.4 Å².